The molecule has 5 heteroatoms. The van der Waals surface area contributed by atoms with Crippen LogP contribution in [0.4, 0.5) is 4.39 Å². The van der Waals surface area contributed by atoms with Crippen LogP contribution in [0.2, 0.25) is 0 Å². The van der Waals surface area contributed by atoms with E-state index in [1.807, 2.05) is 12.1 Å². The average molecular weight is 327 g/mol. The highest BCUT2D eigenvalue weighted by molar-refractivity contribution is 9.11. The first-order valence-electron chi connectivity index (χ1n) is 5.38. The number of halogens is 2. The van der Waals surface area contributed by atoms with Crippen LogP contribution in [0.15, 0.2) is 34.1 Å². The van der Waals surface area contributed by atoms with Gasteiger partial charge in [0.25, 0.3) is 0 Å². The average Bonchev–Trinajstić information content (AvgIpc) is 2.77. The van der Waals surface area contributed by atoms with E-state index in [0.717, 1.165) is 8.66 Å². The van der Waals surface area contributed by atoms with Crippen molar-refractivity contribution in [1.29, 1.82) is 0 Å². The number of thiophene rings is 1. The molecule has 0 bridgehead atoms. The van der Waals surface area contributed by atoms with Crippen molar-refractivity contribution in [2.24, 2.45) is 0 Å². The number of hydrogen-bond acceptors (Lipinski definition) is 3. The van der Waals surface area contributed by atoms with Gasteiger partial charge in [-0.25, -0.2) is 4.39 Å². The van der Waals surface area contributed by atoms with Gasteiger partial charge in [-0.1, -0.05) is 0 Å². The molecule has 1 unspecified atom stereocenters. The Morgan fingerprint density at radius 3 is 2.89 bits per heavy atom. The fourth-order valence-electron chi connectivity index (χ4n) is 1.96. The van der Waals surface area contributed by atoms with Gasteiger partial charge in [0.1, 0.15) is 17.7 Å². The van der Waals surface area contributed by atoms with Crippen LogP contribution in [0.3, 0.4) is 0 Å². The van der Waals surface area contributed by atoms with Crippen LogP contribution in [0.5, 0.6) is 5.75 Å². The molecule has 0 saturated carbocycles. The van der Waals surface area contributed by atoms with Crippen LogP contribution >= 0.6 is 27.3 Å². The molecule has 0 amide bonds. The van der Waals surface area contributed by atoms with Gasteiger partial charge in [0.15, 0.2) is 5.78 Å². The lowest BCUT2D eigenvalue weighted by atomic mass is 10.00. The van der Waals surface area contributed by atoms with E-state index in [-0.39, 0.29) is 18.3 Å². The van der Waals surface area contributed by atoms with Crippen molar-refractivity contribution in [3.63, 3.8) is 0 Å². The van der Waals surface area contributed by atoms with E-state index in [2.05, 4.69) is 15.9 Å². The van der Waals surface area contributed by atoms with Gasteiger partial charge in [-0.2, -0.15) is 0 Å². The molecule has 2 nitrogen and oxygen atoms in total. The molecule has 1 aliphatic heterocycles. The van der Waals surface area contributed by atoms with Crippen LogP contribution in [-0.4, -0.2) is 5.78 Å². The second-order valence-electron chi connectivity index (χ2n) is 4.02. The number of Topliss-reactive ketones (excluding diaryl/α,β-unsaturated/α-hetero) is 1. The van der Waals surface area contributed by atoms with Gasteiger partial charge < -0.3 is 4.74 Å². The van der Waals surface area contributed by atoms with Crippen molar-refractivity contribution in [1.82, 2.24) is 0 Å². The molecule has 0 saturated heterocycles. The molecule has 0 fully saturated rings. The van der Waals surface area contributed by atoms with Crippen molar-refractivity contribution >= 4 is 33.0 Å². The molecule has 0 spiro atoms. The SMILES string of the molecule is O=C1CC(c2ccc(Br)s2)Oc2ccc(F)cc21. The minimum absolute atomic E-state index is 0.0785. The summed E-state index contributed by atoms with van der Waals surface area (Å²) in [7, 11) is 0. The molecule has 18 heavy (non-hydrogen) atoms. The van der Waals surface area contributed by atoms with E-state index in [1.165, 1.54) is 29.5 Å². The number of benzene rings is 1. The third-order valence-corrected chi connectivity index (χ3v) is 4.51. The number of hydrogen-bond donors (Lipinski definition) is 0. The molecule has 3 rings (SSSR count). The van der Waals surface area contributed by atoms with Crippen LogP contribution in [0.25, 0.3) is 0 Å². The minimum Gasteiger partial charge on any atom is -0.484 e. The standard InChI is InChI=1S/C13H8BrFO2S/c14-13-4-3-12(18-13)11-6-9(16)8-5-7(15)1-2-10(8)17-11/h1-5,11H,6H2. The van der Waals surface area contributed by atoms with Crippen molar-refractivity contribution < 1.29 is 13.9 Å². The van der Waals surface area contributed by atoms with E-state index in [1.54, 1.807) is 0 Å². The lowest BCUT2D eigenvalue weighted by molar-refractivity contribution is 0.0853. The molecule has 1 aromatic heterocycles. The van der Waals surface area contributed by atoms with E-state index >= 15 is 0 Å². The highest BCUT2D eigenvalue weighted by atomic mass is 79.9. The molecular weight excluding hydrogens is 319 g/mol. The van der Waals surface area contributed by atoms with Gasteiger partial charge in [0.05, 0.1) is 15.8 Å². The summed E-state index contributed by atoms with van der Waals surface area (Å²) in [5, 5.41) is 0. The first-order chi connectivity index (χ1) is 8.63. The normalized spacial score (nSPS) is 18.3. The van der Waals surface area contributed by atoms with Crippen molar-refractivity contribution in [2.75, 3.05) is 0 Å². The second-order valence-corrected chi connectivity index (χ2v) is 6.51. The summed E-state index contributed by atoms with van der Waals surface area (Å²) in [4.78, 5) is 13.0. The largest absolute Gasteiger partial charge is 0.484 e. The second kappa shape index (κ2) is 4.48. The summed E-state index contributed by atoms with van der Waals surface area (Å²) in [5.74, 6) is -0.0320. The first-order valence-corrected chi connectivity index (χ1v) is 6.99. The number of ether oxygens (including phenoxy) is 1. The maximum absolute atomic E-state index is 13.1. The van der Waals surface area contributed by atoms with Gasteiger partial charge in [0.2, 0.25) is 0 Å². The Bertz CT molecular complexity index is 623. The number of carbonyl (C=O) groups excluding carboxylic acids is 1. The Balaban J connectivity index is 1.96. The molecule has 1 aliphatic rings. The predicted octanol–water partition coefficient (Wildman–Crippen LogP) is 4.36. The Hall–Kier alpha value is -1.20. The summed E-state index contributed by atoms with van der Waals surface area (Å²) in [6.07, 6.45) is -0.0181. The molecule has 0 radical (unpaired) electrons. The molecule has 1 atom stereocenters. The van der Waals surface area contributed by atoms with Crippen LogP contribution < -0.4 is 4.74 Å². The van der Waals surface area contributed by atoms with Gasteiger partial charge in [0, 0.05) is 4.88 Å². The first kappa shape index (κ1) is 11.9. The van der Waals surface area contributed by atoms with Gasteiger partial charge >= 0.3 is 0 Å². The molecule has 0 aliphatic carbocycles. The summed E-state index contributed by atoms with van der Waals surface area (Å²) in [6, 6.07) is 7.91. The highest BCUT2D eigenvalue weighted by Crippen LogP contribution is 2.38. The summed E-state index contributed by atoms with van der Waals surface area (Å²) in [5.41, 5.74) is 0.335. The Labute approximate surface area is 116 Å². The lowest BCUT2D eigenvalue weighted by Gasteiger charge is -2.24. The third kappa shape index (κ3) is 2.08. The fraction of sp³-hybridized carbons (Fsp3) is 0.154. The van der Waals surface area contributed by atoms with E-state index in [9.17, 15) is 9.18 Å². The molecule has 1 aromatic carbocycles. The smallest absolute Gasteiger partial charge is 0.170 e. The van der Waals surface area contributed by atoms with E-state index in [0.29, 0.717) is 11.3 Å². The number of rotatable bonds is 1. The summed E-state index contributed by atoms with van der Waals surface area (Å²) < 4.78 is 19.8. The number of carbonyl (C=O) groups is 1. The van der Waals surface area contributed by atoms with Crippen molar-refractivity contribution in [3.8, 4) is 5.75 Å². The summed E-state index contributed by atoms with van der Waals surface area (Å²) in [6.45, 7) is 0. The highest BCUT2D eigenvalue weighted by Gasteiger charge is 2.28. The van der Waals surface area contributed by atoms with Crippen LogP contribution in [0, 0.1) is 5.82 Å². The molecular formula is C13H8BrFO2S. The molecule has 92 valence electrons. The van der Waals surface area contributed by atoms with Gasteiger partial charge in [-0.05, 0) is 46.3 Å². The van der Waals surface area contributed by atoms with E-state index < -0.39 is 5.82 Å². The fourth-order valence-corrected chi connectivity index (χ4v) is 3.41. The van der Waals surface area contributed by atoms with Crippen molar-refractivity contribution in [3.05, 3.63) is 50.4 Å². The van der Waals surface area contributed by atoms with E-state index in [4.69, 9.17) is 4.74 Å². The maximum atomic E-state index is 13.1. The van der Waals surface area contributed by atoms with Crippen molar-refractivity contribution in [2.45, 2.75) is 12.5 Å². The lowest BCUT2D eigenvalue weighted by Crippen LogP contribution is -2.19. The Kier molecular flexibility index (Phi) is 2.95. The molecule has 0 N–H and O–H groups in total. The monoisotopic (exact) mass is 326 g/mol. The zero-order chi connectivity index (χ0) is 12.7. The number of fused-ring (bicyclic) bond motifs is 1. The maximum Gasteiger partial charge on any atom is 0.170 e. The molecule has 2 heterocycles. The van der Waals surface area contributed by atoms with Crippen LogP contribution in [-0.2, 0) is 0 Å². The van der Waals surface area contributed by atoms with Crippen LogP contribution in [0.1, 0.15) is 27.8 Å². The zero-order valence-electron chi connectivity index (χ0n) is 9.15. The summed E-state index contributed by atoms with van der Waals surface area (Å²) >= 11 is 4.92. The quantitative estimate of drug-likeness (QED) is 0.778. The predicted molar refractivity (Wildman–Crippen MR) is 70.7 cm³/mol. The third-order valence-electron chi connectivity index (χ3n) is 2.79. The number of ketones is 1. The molecule has 2 aromatic rings. The topological polar surface area (TPSA) is 26.3 Å². The van der Waals surface area contributed by atoms with Gasteiger partial charge in [-0.15, -0.1) is 11.3 Å². The Morgan fingerprint density at radius 2 is 2.17 bits per heavy atom. The zero-order valence-corrected chi connectivity index (χ0v) is 11.6. The van der Waals surface area contributed by atoms with Gasteiger partial charge in [-0.3, -0.25) is 4.79 Å². The Morgan fingerprint density at radius 1 is 1.33 bits per heavy atom. The minimum atomic E-state index is -0.414.